The van der Waals surface area contributed by atoms with Crippen molar-refractivity contribution >= 4 is 5.78 Å². The molecule has 0 aromatic carbocycles. The fraction of sp³-hybridized carbons (Fsp3) is 0.545. The van der Waals surface area contributed by atoms with Crippen molar-refractivity contribution in [3.8, 4) is 11.8 Å². The van der Waals surface area contributed by atoms with E-state index in [2.05, 4.69) is 18.8 Å². The van der Waals surface area contributed by atoms with Crippen molar-refractivity contribution in [2.24, 2.45) is 0 Å². The largest absolute Gasteiger partial charge is 0.280 e. The number of allylic oxidation sites excluding steroid dienone is 2. The molecule has 0 aliphatic heterocycles. The fourth-order valence-electron chi connectivity index (χ4n) is 0.806. The van der Waals surface area contributed by atoms with Crippen LogP contribution in [0.5, 0.6) is 0 Å². The lowest BCUT2D eigenvalue weighted by atomic mass is 10.2. The molecule has 0 rings (SSSR count). The van der Waals surface area contributed by atoms with Crippen LogP contribution >= 0.6 is 0 Å². The Morgan fingerprint density at radius 1 is 1.42 bits per heavy atom. The molecule has 0 atom stereocenters. The zero-order valence-corrected chi connectivity index (χ0v) is 7.89. The predicted molar refractivity (Wildman–Crippen MR) is 51.7 cm³/mol. The molecule has 0 unspecified atom stereocenters. The van der Waals surface area contributed by atoms with Gasteiger partial charge < -0.3 is 0 Å². The van der Waals surface area contributed by atoms with Crippen LogP contribution in [0.15, 0.2) is 12.2 Å². The molecule has 0 saturated heterocycles. The molecule has 0 saturated carbocycles. The molecule has 1 nitrogen and oxygen atoms in total. The Labute approximate surface area is 74.9 Å². The van der Waals surface area contributed by atoms with E-state index in [0.29, 0.717) is 0 Å². The van der Waals surface area contributed by atoms with E-state index in [1.165, 1.54) is 18.9 Å². The third-order valence-corrected chi connectivity index (χ3v) is 1.43. The number of ketones is 1. The minimum absolute atomic E-state index is 0.0889. The SMILES string of the molecule is C/C=C/C(=O)C#CCCCCC. The summed E-state index contributed by atoms with van der Waals surface area (Å²) >= 11 is 0. The lowest BCUT2D eigenvalue weighted by Crippen LogP contribution is -1.84. The molecule has 0 bridgehead atoms. The first-order valence-electron chi connectivity index (χ1n) is 4.46. The second-order valence-corrected chi connectivity index (χ2v) is 2.62. The normalized spacial score (nSPS) is 9.50. The number of hydrogen-bond acceptors (Lipinski definition) is 1. The zero-order chi connectivity index (χ0) is 9.23. The molecule has 1 heteroatoms. The summed E-state index contributed by atoms with van der Waals surface area (Å²) in [6.45, 7) is 3.97. The third-order valence-electron chi connectivity index (χ3n) is 1.43. The van der Waals surface area contributed by atoms with Gasteiger partial charge in [-0.1, -0.05) is 31.8 Å². The number of unbranched alkanes of at least 4 members (excludes halogenated alkanes) is 3. The molecular weight excluding hydrogens is 148 g/mol. The average molecular weight is 164 g/mol. The van der Waals surface area contributed by atoms with Crippen LogP contribution in [0, 0.1) is 11.8 Å². The Morgan fingerprint density at radius 2 is 2.17 bits per heavy atom. The molecule has 0 radical (unpaired) electrons. The maximum Gasteiger partial charge on any atom is 0.228 e. The number of rotatable bonds is 4. The maximum absolute atomic E-state index is 10.8. The first-order chi connectivity index (χ1) is 5.81. The van der Waals surface area contributed by atoms with Crippen LogP contribution in [0.2, 0.25) is 0 Å². The molecule has 0 aromatic rings. The Bertz CT molecular complexity index is 203. The van der Waals surface area contributed by atoms with Gasteiger partial charge in [-0.3, -0.25) is 4.79 Å². The van der Waals surface area contributed by atoms with Crippen molar-refractivity contribution in [3.05, 3.63) is 12.2 Å². The number of carbonyl (C=O) groups excluding carboxylic acids is 1. The summed E-state index contributed by atoms with van der Waals surface area (Å²) in [6.07, 6.45) is 7.55. The molecule has 66 valence electrons. The zero-order valence-electron chi connectivity index (χ0n) is 7.89. The first-order valence-corrected chi connectivity index (χ1v) is 4.46. The van der Waals surface area contributed by atoms with Crippen molar-refractivity contribution in [1.29, 1.82) is 0 Å². The molecule has 0 N–H and O–H groups in total. The van der Waals surface area contributed by atoms with E-state index in [9.17, 15) is 4.79 Å². The Balaban J connectivity index is 3.52. The minimum atomic E-state index is -0.0889. The Hall–Kier alpha value is -1.03. The minimum Gasteiger partial charge on any atom is -0.280 e. The van der Waals surface area contributed by atoms with Crippen LogP contribution in [-0.2, 0) is 4.79 Å². The number of carbonyl (C=O) groups is 1. The quantitative estimate of drug-likeness (QED) is 0.270. The highest BCUT2D eigenvalue weighted by Gasteiger charge is 1.85. The van der Waals surface area contributed by atoms with Gasteiger partial charge in [0.25, 0.3) is 0 Å². The highest BCUT2D eigenvalue weighted by Crippen LogP contribution is 1.96. The fourth-order valence-corrected chi connectivity index (χ4v) is 0.806. The maximum atomic E-state index is 10.8. The third kappa shape index (κ3) is 7.08. The van der Waals surface area contributed by atoms with Crippen LogP contribution in [0.1, 0.15) is 39.5 Å². The molecular formula is C11H16O. The van der Waals surface area contributed by atoms with E-state index in [0.717, 1.165) is 12.8 Å². The highest BCUT2D eigenvalue weighted by molar-refractivity contribution is 6.04. The van der Waals surface area contributed by atoms with Crippen LogP contribution in [-0.4, -0.2) is 5.78 Å². The second-order valence-electron chi connectivity index (χ2n) is 2.62. The van der Waals surface area contributed by atoms with Crippen molar-refractivity contribution in [2.75, 3.05) is 0 Å². The van der Waals surface area contributed by atoms with Crippen LogP contribution < -0.4 is 0 Å². The van der Waals surface area contributed by atoms with Crippen molar-refractivity contribution in [3.63, 3.8) is 0 Å². The monoisotopic (exact) mass is 164 g/mol. The van der Waals surface area contributed by atoms with Crippen LogP contribution in [0.4, 0.5) is 0 Å². The van der Waals surface area contributed by atoms with Gasteiger partial charge in [0.05, 0.1) is 0 Å². The van der Waals surface area contributed by atoms with Gasteiger partial charge in [0.2, 0.25) is 5.78 Å². The van der Waals surface area contributed by atoms with Gasteiger partial charge in [0, 0.05) is 6.42 Å². The summed E-state index contributed by atoms with van der Waals surface area (Å²) in [5, 5.41) is 0. The molecule has 0 fully saturated rings. The first kappa shape index (κ1) is 11.0. The summed E-state index contributed by atoms with van der Waals surface area (Å²) in [5.41, 5.74) is 0. The van der Waals surface area contributed by atoms with Crippen molar-refractivity contribution in [2.45, 2.75) is 39.5 Å². The van der Waals surface area contributed by atoms with E-state index in [1.807, 2.05) is 6.92 Å². The topological polar surface area (TPSA) is 17.1 Å². The van der Waals surface area contributed by atoms with E-state index in [-0.39, 0.29) is 5.78 Å². The summed E-state index contributed by atoms with van der Waals surface area (Å²) in [7, 11) is 0. The summed E-state index contributed by atoms with van der Waals surface area (Å²) in [4.78, 5) is 10.8. The molecule has 0 heterocycles. The smallest absolute Gasteiger partial charge is 0.228 e. The van der Waals surface area contributed by atoms with E-state index >= 15 is 0 Å². The summed E-state index contributed by atoms with van der Waals surface area (Å²) in [5.74, 6) is 5.33. The van der Waals surface area contributed by atoms with Gasteiger partial charge >= 0.3 is 0 Å². The van der Waals surface area contributed by atoms with Gasteiger partial charge in [-0.15, -0.1) is 0 Å². The number of hydrogen-bond donors (Lipinski definition) is 0. The van der Waals surface area contributed by atoms with Gasteiger partial charge in [0.15, 0.2) is 0 Å². The van der Waals surface area contributed by atoms with E-state index in [4.69, 9.17) is 0 Å². The predicted octanol–water partition coefficient (Wildman–Crippen LogP) is 2.72. The Morgan fingerprint density at radius 3 is 2.75 bits per heavy atom. The lowest BCUT2D eigenvalue weighted by molar-refractivity contribution is -0.109. The summed E-state index contributed by atoms with van der Waals surface area (Å²) in [6, 6.07) is 0. The van der Waals surface area contributed by atoms with Crippen molar-refractivity contribution < 1.29 is 4.79 Å². The molecule has 12 heavy (non-hydrogen) atoms. The summed E-state index contributed by atoms with van der Waals surface area (Å²) < 4.78 is 0. The molecule has 0 aromatic heterocycles. The standard InChI is InChI=1S/C11H16O/c1-3-5-6-7-8-10-11(12)9-4-2/h4,9H,3,5-7H2,1-2H3/b9-4+. The van der Waals surface area contributed by atoms with Crippen LogP contribution in [0.25, 0.3) is 0 Å². The molecule has 0 spiro atoms. The van der Waals surface area contributed by atoms with E-state index < -0.39 is 0 Å². The lowest BCUT2D eigenvalue weighted by Gasteiger charge is -1.87. The molecule has 0 amide bonds. The highest BCUT2D eigenvalue weighted by atomic mass is 16.1. The van der Waals surface area contributed by atoms with Gasteiger partial charge in [-0.2, -0.15) is 0 Å². The Kier molecular flexibility index (Phi) is 7.38. The molecule has 0 aliphatic rings. The van der Waals surface area contributed by atoms with Gasteiger partial charge in [-0.05, 0) is 25.3 Å². The van der Waals surface area contributed by atoms with Crippen LogP contribution in [0.3, 0.4) is 0 Å². The second kappa shape index (κ2) is 8.07. The van der Waals surface area contributed by atoms with Gasteiger partial charge in [-0.25, -0.2) is 0 Å². The van der Waals surface area contributed by atoms with Gasteiger partial charge in [0.1, 0.15) is 0 Å². The average Bonchev–Trinajstić information content (AvgIpc) is 2.05. The molecule has 0 aliphatic carbocycles. The van der Waals surface area contributed by atoms with E-state index in [1.54, 1.807) is 6.08 Å². The van der Waals surface area contributed by atoms with Crippen molar-refractivity contribution in [1.82, 2.24) is 0 Å².